The summed E-state index contributed by atoms with van der Waals surface area (Å²) in [7, 11) is 0. The number of halogens is 3. The molecule has 0 aliphatic rings. The Morgan fingerprint density at radius 2 is 1.90 bits per heavy atom. The van der Waals surface area contributed by atoms with Crippen molar-refractivity contribution in [1.29, 1.82) is 5.26 Å². The maximum Gasteiger partial charge on any atom is 0.437 e. The minimum atomic E-state index is -4.93. The van der Waals surface area contributed by atoms with E-state index in [-0.39, 0.29) is 5.56 Å². The second-order valence-electron chi connectivity index (χ2n) is 3.69. The number of carboxylic acid groups (broad SMARTS) is 1. The third-order valence-corrected chi connectivity index (χ3v) is 2.35. The molecule has 0 spiro atoms. The number of nitrogens with zero attached hydrogens (tertiary/aromatic N) is 2. The van der Waals surface area contributed by atoms with Crippen molar-refractivity contribution in [2.45, 2.75) is 6.18 Å². The van der Waals surface area contributed by atoms with Crippen LogP contribution in [-0.4, -0.2) is 16.1 Å². The van der Waals surface area contributed by atoms with Crippen molar-refractivity contribution in [1.82, 2.24) is 4.98 Å². The number of nitriles is 1. The zero-order valence-corrected chi connectivity index (χ0v) is 9.60. The van der Waals surface area contributed by atoms with Crippen molar-refractivity contribution < 1.29 is 27.5 Å². The molecular weight excluding hydrogens is 277 g/mol. The number of oxazole rings is 1. The largest absolute Gasteiger partial charge is 0.475 e. The van der Waals surface area contributed by atoms with Crippen LogP contribution in [0.2, 0.25) is 0 Å². The SMILES string of the molecule is N#Cc1ccc(-c2nc(C(F)(F)F)c(C(=O)O)o2)cc1. The van der Waals surface area contributed by atoms with E-state index < -0.39 is 29.5 Å². The van der Waals surface area contributed by atoms with E-state index in [2.05, 4.69) is 9.40 Å². The lowest BCUT2D eigenvalue weighted by Gasteiger charge is -2.00. The van der Waals surface area contributed by atoms with Crippen molar-refractivity contribution in [2.24, 2.45) is 0 Å². The number of aromatic nitrogens is 1. The van der Waals surface area contributed by atoms with E-state index in [1.165, 1.54) is 24.3 Å². The predicted octanol–water partition coefficient (Wildman–Crippen LogP) is 2.93. The highest BCUT2D eigenvalue weighted by Crippen LogP contribution is 2.34. The van der Waals surface area contributed by atoms with Crippen LogP contribution in [0.3, 0.4) is 0 Å². The highest BCUT2D eigenvalue weighted by molar-refractivity contribution is 5.86. The number of benzene rings is 1. The fourth-order valence-corrected chi connectivity index (χ4v) is 1.47. The molecule has 20 heavy (non-hydrogen) atoms. The van der Waals surface area contributed by atoms with Crippen LogP contribution in [0.15, 0.2) is 28.7 Å². The number of carbonyl (C=O) groups is 1. The maximum atomic E-state index is 12.6. The molecular formula is C12H5F3N2O3. The van der Waals surface area contributed by atoms with Crippen LogP contribution in [0.5, 0.6) is 0 Å². The summed E-state index contributed by atoms with van der Waals surface area (Å²) in [5.41, 5.74) is -1.15. The summed E-state index contributed by atoms with van der Waals surface area (Å²) < 4.78 is 42.5. The van der Waals surface area contributed by atoms with Crippen LogP contribution in [0.25, 0.3) is 11.5 Å². The molecule has 0 saturated carbocycles. The van der Waals surface area contributed by atoms with Gasteiger partial charge in [-0.3, -0.25) is 0 Å². The summed E-state index contributed by atoms with van der Waals surface area (Å²) >= 11 is 0. The van der Waals surface area contributed by atoms with Gasteiger partial charge >= 0.3 is 12.1 Å². The van der Waals surface area contributed by atoms with Crippen LogP contribution in [-0.2, 0) is 6.18 Å². The predicted molar refractivity (Wildman–Crippen MR) is 58.6 cm³/mol. The molecule has 0 fully saturated rings. The normalized spacial score (nSPS) is 11.1. The fourth-order valence-electron chi connectivity index (χ4n) is 1.47. The Labute approximate surface area is 109 Å². The van der Waals surface area contributed by atoms with Crippen molar-refractivity contribution in [3.63, 3.8) is 0 Å². The van der Waals surface area contributed by atoms with Crippen molar-refractivity contribution in [2.75, 3.05) is 0 Å². The van der Waals surface area contributed by atoms with Crippen LogP contribution in [0.4, 0.5) is 13.2 Å². The molecule has 0 aliphatic carbocycles. The first kappa shape index (κ1) is 13.6. The average molecular weight is 282 g/mol. The summed E-state index contributed by atoms with van der Waals surface area (Å²) in [5, 5.41) is 17.3. The molecule has 1 N–H and O–H groups in total. The van der Waals surface area contributed by atoms with Gasteiger partial charge in [-0.2, -0.15) is 18.4 Å². The molecule has 0 atom stereocenters. The minimum absolute atomic E-state index is 0.141. The van der Waals surface area contributed by atoms with Crippen LogP contribution in [0.1, 0.15) is 21.8 Å². The maximum absolute atomic E-state index is 12.6. The Balaban J connectivity index is 2.53. The molecule has 0 radical (unpaired) electrons. The standard InChI is InChI=1S/C12H5F3N2O3/c13-12(14,15)9-8(11(18)19)20-10(17-9)7-3-1-6(5-16)2-4-7/h1-4H,(H,18,19). The molecule has 8 heteroatoms. The van der Waals surface area contributed by atoms with Gasteiger partial charge in [0.05, 0.1) is 11.6 Å². The van der Waals surface area contributed by atoms with Gasteiger partial charge in [-0.1, -0.05) is 0 Å². The van der Waals surface area contributed by atoms with E-state index >= 15 is 0 Å². The summed E-state index contributed by atoms with van der Waals surface area (Å²) in [6.45, 7) is 0. The number of hydrogen-bond acceptors (Lipinski definition) is 4. The monoisotopic (exact) mass is 282 g/mol. The Kier molecular flexibility index (Phi) is 3.19. The molecule has 1 heterocycles. The number of hydrogen-bond donors (Lipinski definition) is 1. The molecule has 0 bridgehead atoms. The third-order valence-electron chi connectivity index (χ3n) is 2.35. The number of carboxylic acids is 1. The molecule has 1 aromatic heterocycles. The molecule has 0 saturated heterocycles. The Hall–Kier alpha value is -2.82. The van der Waals surface area contributed by atoms with Gasteiger partial charge in [-0.25, -0.2) is 9.78 Å². The molecule has 5 nitrogen and oxygen atoms in total. The van der Waals surface area contributed by atoms with Crippen molar-refractivity contribution in [3.05, 3.63) is 41.3 Å². The molecule has 2 aromatic rings. The van der Waals surface area contributed by atoms with E-state index in [0.29, 0.717) is 5.56 Å². The lowest BCUT2D eigenvalue weighted by molar-refractivity contribution is -0.141. The summed E-state index contributed by atoms with van der Waals surface area (Å²) in [5.74, 6) is -3.60. The molecule has 102 valence electrons. The average Bonchev–Trinajstić information content (AvgIpc) is 2.84. The van der Waals surface area contributed by atoms with Crippen LogP contribution >= 0.6 is 0 Å². The minimum Gasteiger partial charge on any atom is -0.475 e. The van der Waals surface area contributed by atoms with E-state index in [1.54, 1.807) is 0 Å². The first-order valence-electron chi connectivity index (χ1n) is 5.15. The van der Waals surface area contributed by atoms with Gasteiger partial charge in [0.25, 0.3) is 0 Å². The second-order valence-corrected chi connectivity index (χ2v) is 3.69. The number of aromatic carboxylic acids is 1. The molecule has 0 amide bonds. The zero-order chi connectivity index (χ0) is 14.9. The summed E-state index contributed by atoms with van der Waals surface area (Å²) in [4.78, 5) is 13.9. The Morgan fingerprint density at radius 1 is 1.30 bits per heavy atom. The van der Waals surface area contributed by atoms with E-state index in [1.807, 2.05) is 6.07 Å². The van der Waals surface area contributed by atoms with Gasteiger partial charge in [0, 0.05) is 5.56 Å². The zero-order valence-electron chi connectivity index (χ0n) is 9.60. The Morgan fingerprint density at radius 3 is 2.30 bits per heavy atom. The van der Waals surface area contributed by atoms with Gasteiger partial charge in [-0.15, -0.1) is 0 Å². The topological polar surface area (TPSA) is 87.1 Å². The highest BCUT2D eigenvalue weighted by atomic mass is 19.4. The van der Waals surface area contributed by atoms with Crippen molar-refractivity contribution in [3.8, 4) is 17.5 Å². The van der Waals surface area contributed by atoms with E-state index in [0.717, 1.165) is 0 Å². The molecule has 0 aliphatic heterocycles. The summed E-state index contributed by atoms with van der Waals surface area (Å²) in [6.07, 6.45) is -4.93. The smallest absolute Gasteiger partial charge is 0.437 e. The van der Waals surface area contributed by atoms with Gasteiger partial charge in [0.1, 0.15) is 0 Å². The van der Waals surface area contributed by atoms with Crippen LogP contribution in [0, 0.1) is 11.3 Å². The lowest BCUT2D eigenvalue weighted by atomic mass is 10.1. The molecule has 0 unspecified atom stereocenters. The highest BCUT2D eigenvalue weighted by Gasteiger charge is 2.41. The van der Waals surface area contributed by atoms with E-state index in [9.17, 15) is 18.0 Å². The number of alkyl halides is 3. The lowest BCUT2D eigenvalue weighted by Crippen LogP contribution is -2.11. The first-order valence-corrected chi connectivity index (χ1v) is 5.15. The molecule has 1 aromatic carbocycles. The van der Waals surface area contributed by atoms with E-state index in [4.69, 9.17) is 10.4 Å². The second kappa shape index (κ2) is 4.70. The summed E-state index contributed by atoms with van der Waals surface area (Å²) in [6, 6.07) is 7.18. The van der Waals surface area contributed by atoms with Crippen molar-refractivity contribution >= 4 is 5.97 Å². The Bertz CT molecular complexity index is 696. The van der Waals surface area contributed by atoms with Crippen LogP contribution < -0.4 is 0 Å². The first-order chi connectivity index (χ1) is 9.32. The number of rotatable bonds is 2. The van der Waals surface area contributed by atoms with Gasteiger partial charge < -0.3 is 9.52 Å². The van der Waals surface area contributed by atoms with Gasteiger partial charge in [0.2, 0.25) is 11.7 Å². The van der Waals surface area contributed by atoms with Gasteiger partial charge in [0.15, 0.2) is 5.69 Å². The quantitative estimate of drug-likeness (QED) is 0.914. The van der Waals surface area contributed by atoms with Gasteiger partial charge in [-0.05, 0) is 24.3 Å². The third kappa shape index (κ3) is 2.47. The fraction of sp³-hybridized carbons (Fsp3) is 0.0833. The molecule has 2 rings (SSSR count).